The molecule has 0 saturated carbocycles. The first-order valence-electron chi connectivity index (χ1n) is 2.85. The standard InChI is InChI=1S/C8H8O/c1-2-7-9-8-5-3-4-6-8/h1,3-5H,6-7H2. The number of terminal acetylenes is 1. The van der Waals surface area contributed by atoms with Crippen molar-refractivity contribution < 1.29 is 4.74 Å². The number of hydrogen-bond donors (Lipinski definition) is 0. The lowest BCUT2D eigenvalue weighted by Crippen LogP contribution is -1.88. The molecular weight excluding hydrogens is 112 g/mol. The third-order valence-corrected chi connectivity index (χ3v) is 1.08. The second-order valence-electron chi connectivity index (χ2n) is 1.76. The SMILES string of the molecule is C#CCOC1=CC=CC1. The van der Waals surface area contributed by atoms with Crippen molar-refractivity contribution in [2.45, 2.75) is 6.42 Å². The first-order chi connectivity index (χ1) is 4.43. The highest BCUT2D eigenvalue weighted by Gasteiger charge is 1.96. The summed E-state index contributed by atoms with van der Waals surface area (Å²) >= 11 is 0. The molecule has 1 rings (SSSR count). The van der Waals surface area contributed by atoms with Crippen LogP contribution in [0.25, 0.3) is 0 Å². The lowest BCUT2D eigenvalue weighted by molar-refractivity contribution is 0.250. The average Bonchev–Trinajstić information content (AvgIpc) is 2.34. The number of allylic oxidation sites excluding steroid dienone is 3. The molecule has 0 fully saturated rings. The Morgan fingerprint density at radius 1 is 1.78 bits per heavy atom. The van der Waals surface area contributed by atoms with E-state index in [1.807, 2.05) is 18.2 Å². The van der Waals surface area contributed by atoms with Gasteiger partial charge in [-0.05, 0) is 6.08 Å². The van der Waals surface area contributed by atoms with E-state index in [0.717, 1.165) is 12.2 Å². The average molecular weight is 120 g/mol. The van der Waals surface area contributed by atoms with Crippen molar-refractivity contribution in [1.82, 2.24) is 0 Å². The van der Waals surface area contributed by atoms with Crippen LogP contribution < -0.4 is 0 Å². The lowest BCUT2D eigenvalue weighted by Gasteiger charge is -1.99. The zero-order valence-corrected chi connectivity index (χ0v) is 5.13. The van der Waals surface area contributed by atoms with Gasteiger partial charge < -0.3 is 4.74 Å². The molecule has 0 atom stereocenters. The van der Waals surface area contributed by atoms with Crippen molar-refractivity contribution in [3.05, 3.63) is 24.0 Å². The normalized spacial score (nSPS) is 14.8. The van der Waals surface area contributed by atoms with Gasteiger partial charge in [-0.15, -0.1) is 6.42 Å². The van der Waals surface area contributed by atoms with Crippen molar-refractivity contribution in [3.63, 3.8) is 0 Å². The van der Waals surface area contributed by atoms with Gasteiger partial charge in [0.05, 0.1) is 0 Å². The summed E-state index contributed by atoms with van der Waals surface area (Å²) in [6.07, 6.45) is 11.8. The summed E-state index contributed by atoms with van der Waals surface area (Å²) in [5.74, 6) is 3.37. The Labute approximate surface area is 55.0 Å². The Balaban J connectivity index is 2.24. The van der Waals surface area contributed by atoms with E-state index in [0.29, 0.717) is 6.61 Å². The van der Waals surface area contributed by atoms with Gasteiger partial charge in [-0.1, -0.05) is 18.1 Å². The van der Waals surface area contributed by atoms with Crippen LogP contribution in [0.1, 0.15) is 6.42 Å². The molecule has 0 spiro atoms. The molecule has 0 amide bonds. The van der Waals surface area contributed by atoms with Crippen LogP contribution in [0.5, 0.6) is 0 Å². The summed E-state index contributed by atoms with van der Waals surface area (Å²) in [6, 6.07) is 0. The van der Waals surface area contributed by atoms with Gasteiger partial charge in [0.25, 0.3) is 0 Å². The number of ether oxygens (including phenoxy) is 1. The summed E-state index contributed by atoms with van der Waals surface area (Å²) < 4.78 is 5.11. The van der Waals surface area contributed by atoms with E-state index in [1.54, 1.807) is 0 Å². The third kappa shape index (κ3) is 1.65. The molecule has 0 unspecified atom stereocenters. The maximum absolute atomic E-state index is 5.11. The van der Waals surface area contributed by atoms with Gasteiger partial charge in [0.1, 0.15) is 12.4 Å². The van der Waals surface area contributed by atoms with Crippen LogP contribution in [0.15, 0.2) is 24.0 Å². The van der Waals surface area contributed by atoms with Gasteiger partial charge in [-0.25, -0.2) is 0 Å². The minimum Gasteiger partial charge on any atom is -0.485 e. The first-order valence-corrected chi connectivity index (χ1v) is 2.85. The summed E-state index contributed by atoms with van der Waals surface area (Å²) in [7, 11) is 0. The molecule has 0 radical (unpaired) electrons. The molecule has 0 aromatic rings. The molecule has 0 aromatic carbocycles. The molecular formula is C8H8O. The second kappa shape index (κ2) is 2.99. The molecule has 0 aliphatic heterocycles. The van der Waals surface area contributed by atoms with E-state index in [4.69, 9.17) is 11.2 Å². The molecule has 1 heteroatoms. The van der Waals surface area contributed by atoms with Crippen molar-refractivity contribution in [2.75, 3.05) is 6.61 Å². The van der Waals surface area contributed by atoms with Crippen LogP contribution in [-0.2, 0) is 4.74 Å². The van der Waals surface area contributed by atoms with E-state index < -0.39 is 0 Å². The Morgan fingerprint density at radius 2 is 2.67 bits per heavy atom. The van der Waals surface area contributed by atoms with Gasteiger partial charge >= 0.3 is 0 Å². The van der Waals surface area contributed by atoms with Crippen molar-refractivity contribution >= 4 is 0 Å². The topological polar surface area (TPSA) is 9.23 Å². The van der Waals surface area contributed by atoms with Gasteiger partial charge in [0, 0.05) is 6.42 Å². The highest BCUT2D eigenvalue weighted by molar-refractivity contribution is 5.18. The van der Waals surface area contributed by atoms with Gasteiger partial charge in [-0.3, -0.25) is 0 Å². The Hall–Kier alpha value is -1.16. The van der Waals surface area contributed by atoms with E-state index in [-0.39, 0.29) is 0 Å². The van der Waals surface area contributed by atoms with Gasteiger partial charge in [-0.2, -0.15) is 0 Å². The third-order valence-electron chi connectivity index (χ3n) is 1.08. The van der Waals surface area contributed by atoms with E-state index in [1.165, 1.54) is 0 Å². The zero-order chi connectivity index (χ0) is 6.53. The molecule has 0 bridgehead atoms. The van der Waals surface area contributed by atoms with Crippen molar-refractivity contribution in [3.8, 4) is 12.3 Å². The Morgan fingerprint density at radius 3 is 3.22 bits per heavy atom. The quantitative estimate of drug-likeness (QED) is 0.501. The molecule has 1 aliphatic carbocycles. The summed E-state index contributed by atoms with van der Waals surface area (Å²) in [5.41, 5.74) is 0. The fraction of sp³-hybridized carbons (Fsp3) is 0.250. The molecule has 1 aliphatic rings. The van der Waals surface area contributed by atoms with Gasteiger partial charge in [0.15, 0.2) is 0 Å². The second-order valence-corrected chi connectivity index (χ2v) is 1.76. The summed E-state index contributed by atoms with van der Waals surface area (Å²) in [4.78, 5) is 0. The molecule has 9 heavy (non-hydrogen) atoms. The van der Waals surface area contributed by atoms with E-state index in [9.17, 15) is 0 Å². The molecule has 0 heterocycles. The first kappa shape index (κ1) is 5.97. The highest BCUT2D eigenvalue weighted by Crippen LogP contribution is 2.10. The molecule has 0 saturated heterocycles. The van der Waals surface area contributed by atoms with E-state index >= 15 is 0 Å². The number of rotatable bonds is 2. The van der Waals surface area contributed by atoms with Crippen LogP contribution in [-0.4, -0.2) is 6.61 Å². The Bertz CT molecular complexity index is 181. The Kier molecular flexibility index (Phi) is 1.98. The maximum atomic E-state index is 5.11. The van der Waals surface area contributed by atoms with Crippen LogP contribution >= 0.6 is 0 Å². The van der Waals surface area contributed by atoms with Crippen LogP contribution in [0.2, 0.25) is 0 Å². The van der Waals surface area contributed by atoms with E-state index in [2.05, 4.69) is 5.92 Å². The minimum atomic E-state index is 0.382. The summed E-state index contributed by atoms with van der Waals surface area (Å²) in [6.45, 7) is 0.382. The van der Waals surface area contributed by atoms with Crippen LogP contribution in [0, 0.1) is 12.3 Å². The number of hydrogen-bond acceptors (Lipinski definition) is 1. The van der Waals surface area contributed by atoms with Crippen LogP contribution in [0.3, 0.4) is 0 Å². The zero-order valence-electron chi connectivity index (χ0n) is 5.13. The predicted octanol–water partition coefficient (Wildman–Crippen LogP) is 1.48. The molecule has 46 valence electrons. The smallest absolute Gasteiger partial charge is 0.148 e. The molecule has 0 aromatic heterocycles. The van der Waals surface area contributed by atoms with Crippen molar-refractivity contribution in [1.29, 1.82) is 0 Å². The minimum absolute atomic E-state index is 0.382. The largest absolute Gasteiger partial charge is 0.485 e. The monoisotopic (exact) mass is 120 g/mol. The molecule has 0 N–H and O–H groups in total. The fourth-order valence-electron chi connectivity index (χ4n) is 0.669. The fourth-order valence-corrected chi connectivity index (χ4v) is 0.669. The van der Waals surface area contributed by atoms with Crippen molar-refractivity contribution in [2.24, 2.45) is 0 Å². The highest BCUT2D eigenvalue weighted by atomic mass is 16.5. The predicted molar refractivity (Wildman–Crippen MR) is 36.6 cm³/mol. The summed E-state index contributed by atoms with van der Waals surface area (Å²) in [5, 5.41) is 0. The molecule has 1 nitrogen and oxygen atoms in total. The van der Waals surface area contributed by atoms with Gasteiger partial charge in [0.2, 0.25) is 0 Å². The lowest BCUT2D eigenvalue weighted by atomic mass is 10.4. The van der Waals surface area contributed by atoms with Crippen LogP contribution in [0.4, 0.5) is 0 Å². The maximum Gasteiger partial charge on any atom is 0.148 e.